The van der Waals surface area contributed by atoms with Crippen LogP contribution in [-0.2, 0) is 0 Å². The molecule has 1 saturated heterocycles. The summed E-state index contributed by atoms with van der Waals surface area (Å²) < 4.78 is 21.9. The number of piperidine rings is 1. The molecule has 3 heterocycles. The number of halogens is 1. The number of fused-ring (bicyclic) bond motifs is 1. The Kier molecular flexibility index (Phi) is 3.95. The van der Waals surface area contributed by atoms with E-state index in [2.05, 4.69) is 28.8 Å². The molecule has 1 saturated carbocycles. The lowest BCUT2D eigenvalue weighted by Crippen LogP contribution is -2.44. The third-order valence-corrected chi connectivity index (χ3v) is 5.04. The van der Waals surface area contributed by atoms with Crippen LogP contribution in [0.2, 0.25) is 0 Å². The van der Waals surface area contributed by atoms with Gasteiger partial charge in [-0.1, -0.05) is 13.8 Å². The Bertz CT molecular complexity index is 725. The highest BCUT2D eigenvalue weighted by molar-refractivity contribution is 5.49. The lowest BCUT2D eigenvalue weighted by Gasteiger charge is -2.33. The molecule has 1 aliphatic heterocycles. The Labute approximate surface area is 141 Å². The fourth-order valence-electron chi connectivity index (χ4n) is 3.46. The SMILES string of the molecule is CC(C)c1cnn2ccc(O[C@@H]3CCCN(CC4(F)CC4)C3)nc12. The lowest BCUT2D eigenvalue weighted by atomic mass is 10.1. The van der Waals surface area contributed by atoms with Crippen molar-refractivity contribution in [3.8, 4) is 5.88 Å². The van der Waals surface area contributed by atoms with Crippen LogP contribution < -0.4 is 4.74 Å². The highest BCUT2D eigenvalue weighted by Crippen LogP contribution is 2.40. The first-order chi connectivity index (χ1) is 11.5. The van der Waals surface area contributed by atoms with Crippen molar-refractivity contribution in [2.45, 2.75) is 57.2 Å². The van der Waals surface area contributed by atoms with Gasteiger partial charge < -0.3 is 4.74 Å². The van der Waals surface area contributed by atoms with Crippen molar-refractivity contribution >= 4 is 5.65 Å². The van der Waals surface area contributed by atoms with E-state index in [1.807, 2.05) is 18.5 Å². The zero-order valence-electron chi connectivity index (χ0n) is 14.4. The van der Waals surface area contributed by atoms with Gasteiger partial charge in [-0.2, -0.15) is 10.1 Å². The minimum Gasteiger partial charge on any atom is -0.473 e. The largest absolute Gasteiger partial charge is 0.473 e. The van der Waals surface area contributed by atoms with Gasteiger partial charge in [0.2, 0.25) is 5.88 Å². The molecule has 5 nitrogen and oxygen atoms in total. The van der Waals surface area contributed by atoms with Crippen LogP contribution in [0.15, 0.2) is 18.5 Å². The van der Waals surface area contributed by atoms with Crippen molar-refractivity contribution in [3.63, 3.8) is 0 Å². The minimum atomic E-state index is -0.928. The Hall–Kier alpha value is -1.69. The van der Waals surface area contributed by atoms with E-state index < -0.39 is 5.67 Å². The van der Waals surface area contributed by atoms with Gasteiger partial charge in [0.1, 0.15) is 11.8 Å². The fourth-order valence-corrected chi connectivity index (χ4v) is 3.46. The van der Waals surface area contributed by atoms with Crippen molar-refractivity contribution in [2.75, 3.05) is 19.6 Å². The van der Waals surface area contributed by atoms with Crippen LogP contribution in [0.25, 0.3) is 5.65 Å². The summed E-state index contributed by atoms with van der Waals surface area (Å²) in [5.41, 5.74) is 1.05. The maximum Gasteiger partial charge on any atom is 0.217 e. The van der Waals surface area contributed by atoms with E-state index in [9.17, 15) is 4.39 Å². The molecule has 2 fully saturated rings. The molecule has 2 aliphatic rings. The van der Waals surface area contributed by atoms with E-state index in [0.29, 0.717) is 31.2 Å². The maximum absolute atomic E-state index is 14.0. The predicted molar refractivity (Wildman–Crippen MR) is 90.2 cm³/mol. The molecule has 2 aromatic rings. The highest BCUT2D eigenvalue weighted by atomic mass is 19.1. The first-order valence-corrected chi connectivity index (χ1v) is 8.95. The Morgan fingerprint density at radius 2 is 2.25 bits per heavy atom. The smallest absolute Gasteiger partial charge is 0.217 e. The van der Waals surface area contributed by atoms with Gasteiger partial charge in [0.25, 0.3) is 0 Å². The summed E-state index contributed by atoms with van der Waals surface area (Å²) in [7, 11) is 0. The summed E-state index contributed by atoms with van der Waals surface area (Å²) in [6, 6.07) is 1.86. The van der Waals surface area contributed by atoms with Gasteiger partial charge in [0, 0.05) is 30.9 Å². The van der Waals surface area contributed by atoms with Crippen LogP contribution in [0.4, 0.5) is 4.39 Å². The molecule has 0 N–H and O–H groups in total. The first-order valence-electron chi connectivity index (χ1n) is 8.95. The monoisotopic (exact) mass is 332 g/mol. The normalized spacial score (nSPS) is 23.8. The van der Waals surface area contributed by atoms with Gasteiger partial charge in [-0.15, -0.1) is 0 Å². The number of likely N-dealkylation sites (tertiary alicyclic amines) is 1. The van der Waals surface area contributed by atoms with E-state index in [-0.39, 0.29) is 6.10 Å². The Morgan fingerprint density at radius 1 is 1.42 bits per heavy atom. The third kappa shape index (κ3) is 3.24. The zero-order chi connectivity index (χ0) is 16.7. The van der Waals surface area contributed by atoms with Gasteiger partial charge >= 0.3 is 0 Å². The van der Waals surface area contributed by atoms with E-state index in [0.717, 1.165) is 37.1 Å². The quantitative estimate of drug-likeness (QED) is 0.843. The van der Waals surface area contributed by atoms with Crippen LogP contribution in [0.5, 0.6) is 5.88 Å². The molecule has 1 aliphatic carbocycles. The van der Waals surface area contributed by atoms with Crippen molar-refractivity contribution in [1.29, 1.82) is 0 Å². The lowest BCUT2D eigenvalue weighted by molar-refractivity contribution is 0.0651. The molecule has 130 valence electrons. The van der Waals surface area contributed by atoms with Crippen LogP contribution in [-0.4, -0.2) is 50.9 Å². The average molecular weight is 332 g/mol. The van der Waals surface area contributed by atoms with Gasteiger partial charge in [-0.3, -0.25) is 4.90 Å². The minimum absolute atomic E-state index is 0.0847. The van der Waals surface area contributed by atoms with E-state index >= 15 is 0 Å². The molecule has 0 unspecified atom stereocenters. The molecule has 6 heteroatoms. The van der Waals surface area contributed by atoms with Crippen molar-refractivity contribution in [3.05, 3.63) is 24.0 Å². The standard InChI is InChI=1S/C18H25FN4O/c1-13(2)15-10-20-23-9-5-16(21-17(15)23)24-14-4-3-8-22(11-14)12-18(19)6-7-18/h5,9-10,13-14H,3-4,6-8,11-12H2,1-2H3/t14-/m1/s1. The predicted octanol–water partition coefficient (Wildman–Crippen LogP) is 3.20. The molecule has 0 bridgehead atoms. The summed E-state index contributed by atoms with van der Waals surface area (Å²) in [4.78, 5) is 6.85. The van der Waals surface area contributed by atoms with Crippen molar-refractivity contribution < 1.29 is 9.13 Å². The summed E-state index contributed by atoms with van der Waals surface area (Å²) >= 11 is 0. The van der Waals surface area contributed by atoms with Crippen molar-refractivity contribution in [1.82, 2.24) is 19.5 Å². The van der Waals surface area contributed by atoms with Crippen LogP contribution in [0.3, 0.4) is 0 Å². The zero-order valence-corrected chi connectivity index (χ0v) is 14.4. The van der Waals surface area contributed by atoms with E-state index in [1.165, 1.54) is 0 Å². The van der Waals surface area contributed by atoms with Crippen LogP contribution in [0, 0.1) is 0 Å². The summed E-state index contributed by atoms with van der Waals surface area (Å²) in [5.74, 6) is 1.01. The third-order valence-electron chi connectivity index (χ3n) is 5.04. The van der Waals surface area contributed by atoms with Crippen LogP contribution >= 0.6 is 0 Å². The average Bonchev–Trinajstić information content (AvgIpc) is 3.10. The molecular formula is C18H25FN4O. The second kappa shape index (κ2) is 5.99. The molecule has 2 aromatic heterocycles. The van der Waals surface area contributed by atoms with Gasteiger partial charge in [0.05, 0.1) is 6.20 Å². The maximum atomic E-state index is 14.0. The van der Waals surface area contributed by atoms with E-state index in [4.69, 9.17) is 4.74 Å². The highest BCUT2D eigenvalue weighted by Gasteiger charge is 2.45. The number of aromatic nitrogens is 3. The molecule has 0 aromatic carbocycles. The van der Waals surface area contributed by atoms with E-state index in [1.54, 1.807) is 4.52 Å². The summed E-state index contributed by atoms with van der Waals surface area (Å²) in [6.45, 7) is 6.58. The van der Waals surface area contributed by atoms with Gasteiger partial charge in [-0.25, -0.2) is 8.91 Å². The second-order valence-corrected chi connectivity index (χ2v) is 7.56. The molecule has 0 radical (unpaired) electrons. The Morgan fingerprint density at radius 3 is 3.00 bits per heavy atom. The number of hydrogen-bond acceptors (Lipinski definition) is 4. The topological polar surface area (TPSA) is 42.7 Å². The summed E-state index contributed by atoms with van der Waals surface area (Å²) in [5, 5.41) is 4.34. The molecule has 0 spiro atoms. The number of alkyl halides is 1. The first kappa shape index (κ1) is 15.8. The van der Waals surface area contributed by atoms with Gasteiger partial charge in [0.15, 0.2) is 5.65 Å². The van der Waals surface area contributed by atoms with Gasteiger partial charge in [-0.05, 0) is 38.1 Å². The number of hydrogen-bond donors (Lipinski definition) is 0. The molecule has 4 rings (SSSR count). The molecular weight excluding hydrogens is 307 g/mol. The summed E-state index contributed by atoms with van der Waals surface area (Å²) in [6.07, 6.45) is 7.33. The fraction of sp³-hybridized carbons (Fsp3) is 0.667. The second-order valence-electron chi connectivity index (χ2n) is 7.56. The Balaban J connectivity index is 1.46. The molecule has 24 heavy (non-hydrogen) atoms. The number of rotatable bonds is 5. The van der Waals surface area contributed by atoms with Crippen molar-refractivity contribution in [2.24, 2.45) is 0 Å². The number of nitrogens with zero attached hydrogens (tertiary/aromatic N) is 4. The number of ether oxygens (including phenoxy) is 1. The molecule has 0 amide bonds. The van der Waals surface area contributed by atoms with Crippen LogP contribution in [0.1, 0.15) is 51.0 Å². The molecule has 1 atom stereocenters.